The van der Waals surface area contributed by atoms with E-state index in [2.05, 4.69) is 10.3 Å². The number of Topliss-reactive ketones (excluding diaryl/α,β-unsaturated/α-hetero) is 1. The van der Waals surface area contributed by atoms with Gasteiger partial charge in [-0.1, -0.05) is 42.8 Å². The number of rotatable bonds is 8. The fourth-order valence-corrected chi connectivity index (χ4v) is 6.66. The van der Waals surface area contributed by atoms with Gasteiger partial charge in [-0.25, -0.2) is 4.98 Å². The highest BCUT2D eigenvalue weighted by atomic mass is 32.2. The lowest BCUT2D eigenvalue weighted by atomic mass is 10.1. The smallest absolute Gasteiger partial charge is 0.262 e. The molecule has 2 aromatic heterocycles. The molecule has 8 nitrogen and oxygen atoms in total. The molecule has 202 valence electrons. The minimum absolute atomic E-state index is 0.0299. The van der Waals surface area contributed by atoms with Crippen LogP contribution in [0.3, 0.4) is 0 Å². The second kappa shape index (κ2) is 11.0. The number of nitrogens with one attached hydrogen (secondary N) is 2. The lowest BCUT2D eigenvalue weighted by Gasteiger charge is -2.17. The third-order valence-electron chi connectivity index (χ3n) is 7.79. The Morgan fingerprint density at radius 1 is 1.10 bits per heavy atom. The van der Waals surface area contributed by atoms with Crippen molar-refractivity contribution < 1.29 is 14.3 Å². The quantitative estimate of drug-likeness (QED) is 0.183. The molecule has 2 aliphatic rings. The average Bonchev–Trinajstić information content (AvgIpc) is 3.70. The fourth-order valence-electron chi connectivity index (χ4n) is 5.78. The summed E-state index contributed by atoms with van der Waals surface area (Å²) in [5, 5.41) is 4.91. The van der Waals surface area contributed by atoms with Crippen molar-refractivity contribution in [3.63, 3.8) is 0 Å². The van der Waals surface area contributed by atoms with Crippen molar-refractivity contribution in [1.29, 1.82) is 0 Å². The Morgan fingerprint density at radius 2 is 1.92 bits per heavy atom. The Labute approximate surface area is 230 Å². The van der Waals surface area contributed by atoms with E-state index in [0.29, 0.717) is 40.3 Å². The number of para-hydroxylation sites is 1. The van der Waals surface area contributed by atoms with Crippen molar-refractivity contribution in [2.24, 2.45) is 0 Å². The van der Waals surface area contributed by atoms with Gasteiger partial charge in [-0.3, -0.25) is 19.0 Å². The Bertz CT molecular complexity index is 1610. The number of aromatic nitrogens is 3. The first kappa shape index (κ1) is 25.8. The number of carbonyl (C=O) groups is 2. The summed E-state index contributed by atoms with van der Waals surface area (Å²) in [5.74, 6) is -0.0421. The number of hydrogen-bond acceptors (Lipinski definition) is 6. The van der Waals surface area contributed by atoms with E-state index < -0.39 is 0 Å². The molecule has 39 heavy (non-hydrogen) atoms. The van der Waals surface area contributed by atoms with Gasteiger partial charge in [0.1, 0.15) is 0 Å². The van der Waals surface area contributed by atoms with Crippen LogP contribution in [0.25, 0.3) is 21.8 Å². The van der Waals surface area contributed by atoms with Gasteiger partial charge < -0.3 is 15.0 Å². The zero-order valence-electron chi connectivity index (χ0n) is 22.0. The van der Waals surface area contributed by atoms with Crippen LogP contribution in [0.5, 0.6) is 0 Å². The third-order valence-corrected chi connectivity index (χ3v) is 8.76. The van der Waals surface area contributed by atoms with E-state index in [9.17, 15) is 14.4 Å². The molecule has 2 N–H and O–H groups in total. The molecule has 4 aromatic rings. The van der Waals surface area contributed by atoms with Gasteiger partial charge in [-0.15, -0.1) is 0 Å². The summed E-state index contributed by atoms with van der Waals surface area (Å²) in [7, 11) is 0. The van der Waals surface area contributed by atoms with Crippen LogP contribution in [0.1, 0.15) is 64.9 Å². The predicted molar refractivity (Wildman–Crippen MR) is 153 cm³/mol. The van der Waals surface area contributed by atoms with Crippen molar-refractivity contribution in [2.45, 2.75) is 69.3 Å². The molecule has 1 saturated heterocycles. The maximum atomic E-state index is 13.7. The topological polar surface area (TPSA) is 106 Å². The van der Waals surface area contributed by atoms with Gasteiger partial charge in [0.05, 0.1) is 29.3 Å². The predicted octanol–water partition coefficient (Wildman–Crippen LogP) is 5.01. The summed E-state index contributed by atoms with van der Waals surface area (Å²) in [6, 6.07) is 13.0. The number of ether oxygens (including phenoxy) is 1. The first-order valence-electron chi connectivity index (χ1n) is 13.7. The first-order valence-corrected chi connectivity index (χ1v) is 14.7. The van der Waals surface area contributed by atoms with E-state index in [1.165, 1.54) is 11.8 Å². The highest BCUT2D eigenvalue weighted by Gasteiger charge is 2.23. The molecule has 3 heterocycles. The molecule has 9 heteroatoms. The van der Waals surface area contributed by atoms with Gasteiger partial charge in [0, 0.05) is 40.4 Å². The largest absolute Gasteiger partial charge is 0.376 e. The van der Waals surface area contributed by atoms with Crippen LogP contribution in [-0.4, -0.2) is 50.7 Å². The molecule has 6 rings (SSSR count). The Balaban J connectivity index is 1.32. The minimum atomic E-state index is -0.184. The van der Waals surface area contributed by atoms with Crippen molar-refractivity contribution >= 4 is 45.3 Å². The summed E-state index contributed by atoms with van der Waals surface area (Å²) in [4.78, 5) is 48.1. The Morgan fingerprint density at radius 3 is 2.72 bits per heavy atom. The number of H-pyrrole nitrogens is 1. The summed E-state index contributed by atoms with van der Waals surface area (Å²) in [5.41, 5.74) is 3.17. The molecule has 0 unspecified atom stereocenters. The highest BCUT2D eigenvalue weighted by molar-refractivity contribution is 7.99. The number of carbonyl (C=O) groups excluding carboxylic acids is 2. The van der Waals surface area contributed by atoms with Crippen LogP contribution in [0.4, 0.5) is 0 Å². The molecule has 0 spiro atoms. The van der Waals surface area contributed by atoms with Crippen LogP contribution >= 0.6 is 11.8 Å². The second-order valence-electron chi connectivity index (χ2n) is 10.5. The van der Waals surface area contributed by atoms with Crippen LogP contribution in [-0.2, 0) is 11.3 Å². The molecule has 1 aliphatic heterocycles. The maximum Gasteiger partial charge on any atom is 0.262 e. The van der Waals surface area contributed by atoms with Crippen molar-refractivity contribution in [1.82, 2.24) is 19.9 Å². The number of aromatic amines is 1. The Hall–Kier alpha value is -3.43. The van der Waals surface area contributed by atoms with Gasteiger partial charge >= 0.3 is 0 Å². The zero-order chi connectivity index (χ0) is 26.9. The van der Waals surface area contributed by atoms with Gasteiger partial charge in [0.25, 0.3) is 11.5 Å². The number of fused-ring (bicyclic) bond motifs is 2. The van der Waals surface area contributed by atoms with Crippen molar-refractivity contribution in [2.75, 3.05) is 12.4 Å². The van der Waals surface area contributed by atoms with E-state index in [-0.39, 0.29) is 35.1 Å². The van der Waals surface area contributed by atoms with Crippen LogP contribution < -0.4 is 10.9 Å². The SMILES string of the molecule is Cc1[nH]c2ccccc2c1C(=O)CSc1nc2cc(C(=O)NC3CCCC3)ccc2c(=O)n1C[C@@H]1CCCO1. The molecular formula is C30H32N4O4S. The lowest BCUT2D eigenvalue weighted by molar-refractivity contribution is 0.0935. The summed E-state index contributed by atoms with van der Waals surface area (Å²) in [6.07, 6.45) is 6.03. The summed E-state index contributed by atoms with van der Waals surface area (Å²) >= 11 is 1.26. The lowest BCUT2D eigenvalue weighted by Crippen LogP contribution is -2.32. The number of ketones is 1. The number of hydrogen-bond donors (Lipinski definition) is 2. The average molecular weight is 545 g/mol. The normalized spacial score (nSPS) is 17.8. The van der Waals surface area contributed by atoms with Crippen LogP contribution in [0.15, 0.2) is 52.4 Å². The number of benzene rings is 2. The number of nitrogens with zero attached hydrogens (tertiary/aromatic N) is 2. The minimum Gasteiger partial charge on any atom is -0.376 e. The van der Waals surface area contributed by atoms with E-state index in [1.807, 2.05) is 31.2 Å². The molecule has 2 fully saturated rings. The first-order chi connectivity index (χ1) is 19.0. The molecule has 1 aliphatic carbocycles. The van der Waals surface area contributed by atoms with Gasteiger partial charge in [0.2, 0.25) is 0 Å². The Kier molecular flexibility index (Phi) is 7.27. The molecule has 1 atom stereocenters. The van der Waals surface area contributed by atoms with E-state index >= 15 is 0 Å². The second-order valence-corrected chi connectivity index (χ2v) is 11.5. The zero-order valence-corrected chi connectivity index (χ0v) is 22.8. The van der Waals surface area contributed by atoms with Crippen molar-refractivity contribution in [3.05, 3.63) is 69.6 Å². The molecular weight excluding hydrogens is 512 g/mol. The maximum absolute atomic E-state index is 13.7. The van der Waals surface area contributed by atoms with Gasteiger partial charge in [-0.2, -0.15) is 0 Å². The number of amides is 1. The van der Waals surface area contributed by atoms with E-state index in [1.54, 1.807) is 22.8 Å². The van der Waals surface area contributed by atoms with Crippen LogP contribution in [0, 0.1) is 6.92 Å². The molecule has 2 aromatic carbocycles. The molecule has 0 radical (unpaired) electrons. The third kappa shape index (κ3) is 5.25. The van der Waals surface area contributed by atoms with Gasteiger partial charge in [0.15, 0.2) is 10.9 Å². The van der Waals surface area contributed by atoms with Crippen LogP contribution in [0.2, 0.25) is 0 Å². The fraction of sp³-hybridized carbons (Fsp3) is 0.400. The molecule has 1 saturated carbocycles. The number of thioether (sulfide) groups is 1. The highest BCUT2D eigenvalue weighted by Crippen LogP contribution is 2.27. The number of aryl methyl sites for hydroxylation is 1. The molecule has 0 bridgehead atoms. The summed E-state index contributed by atoms with van der Waals surface area (Å²) < 4.78 is 7.46. The standard InChI is InChI=1S/C30H32N4O4S/c1-18-27(22-10-4-5-11-24(22)31-18)26(35)17-39-30-33-25-15-19(28(36)32-20-7-2-3-8-20)12-13-23(25)29(37)34(30)16-21-9-6-14-38-21/h4-5,10-13,15,20-21,31H,2-3,6-9,14,16-17H2,1H3,(H,32,36)/t21-/m0/s1. The van der Waals surface area contributed by atoms with E-state index in [0.717, 1.165) is 55.1 Å². The van der Waals surface area contributed by atoms with Gasteiger partial charge in [-0.05, 0) is 56.9 Å². The van der Waals surface area contributed by atoms with Crippen molar-refractivity contribution in [3.8, 4) is 0 Å². The molecule has 1 amide bonds. The van der Waals surface area contributed by atoms with E-state index in [4.69, 9.17) is 9.72 Å². The summed E-state index contributed by atoms with van der Waals surface area (Å²) in [6.45, 7) is 2.96. The monoisotopic (exact) mass is 544 g/mol.